The number of sulfonamides is 1. The summed E-state index contributed by atoms with van der Waals surface area (Å²) in [5.41, 5.74) is 3.01. The second-order valence-electron chi connectivity index (χ2n) is 9.02. The highest BCUT2D eigenvalue weighted by Crippen LogP contribution is 2.37. The largest absolute Gasteiger partial charge is 0.468 e. The van der Waals surface area contributed by atoms with Crippen LogP contribution in [0.4, 0.5) is 0 Å². The van der Waals surface area contributed by atoms with Gasteiger partial charge in [0.15, 0.2) is 16.3 Å². The Balaban J connectivity index is 1.30. The summed E-state index contributed by atoms with van der Waals surface area (Å²) in [5, 5.41) is 0. The molecule has 0 N–H and O–H groups in total. The van der Waals surface area contributed by atoms with Gasteiger partial charge in [0, 0.05) is 30.8 Å². The third-order valence-electron chi connectivity index (χ3n) is 6.72. The van der Waals surface area contributed by atoms with Gasteiger partial charge in [0.1, 0.15) is 6.54 Å². The summed E-state index contributed by atoms with van der Waals surface area (Å²) < 4.78 is 46.1. The van der Waals surface area contributed by atoms with E-state index in [2.05, 4.69) is 4.99 Å². The molecule has 3 aromatic carbocycles. The van der Waals surface area contributed by atoms with Crippen molar-refractivity contribution in [2.24, 2.45) is 4.99 Å². The lowest BCUT2D eigenvalue weighted by molar-refractivity contribution is -0.141. The predicted molar refractivity (Wildman–Crippen MR) is 142 cm³/mol. The number of aromatic nitrogens is 1. The minimum atomic E-state index is -3.74. The summed E-state index contributed by atoms with van der Waals surface area (Å²) in [6.07, 6.45) is 0.646. The van der Waals surface area contributed by atoms with Gasteiger partial charge in [0.2, 0.25) is 16.8 Å². The van der Waals surface area contributed by atoms with Crippen LogP contribution in [0.25, 0.3) is 10.2 Å². The molecule has 0 spiro atoms. The van der Waals surface area contributed by atoms with Gasteiger partial charge < -0.3 is 18.8 Å². The number of nitrogens with zero attached hydrogens (tertiary/aromatic N) is 3. The summed E-state index contributed by atoms with van der Waals surface area (Å²) in [6.45, 7) is 0.648. The highest BCUT2D eigenvalue weighted by Gasteiger charge is 2.28. The van der Waals surface area contributed by atoms with E-state index in [1.165, 1.54) is 47.0 Å². The van der Waals surface area contributed by atoms with E-state index < -0.39 is 21.9 Å². The van der Waals surface area contributed by atoms with Gasteiger partial charge in [0.05, 0.1) is 22.2 Å². The summed E-state index contributed by atoms with van der Waals surface area (Å²) in [5.74, 6) is 0.0267. The van der Waals surface area contributed by atoms with Crippen molar-refractivity contribution in [2.75, 3.05) is 20.4 Å². The first-order valence-corrected chi connectivity index (χ1v) is 14.3. The number of esters is 1. The van der Waals surface area contributed by atoms with Gasteiger partial charge in [-0.25, -0.2) is 8.42 Å². The Hall–Kier alpha value is -4.00. The number of rotatable bonds is 5. The minimum absolute atomic E-state index is 0.107. The molecular formula is C27H23N3O7S2. The normalized spacial score (nSPS) is 15.4. The number of fused-ring (bicyclic) bond motifs is 3. The van der Waals surface area contributed by atoms with E-state index >= 15 is 0 Å². The SMILES string of the molecule is COC(=O)Cn1c(=NC(=O)c2ccc(S(=O)(=O)N3CCc4ccccc4C3)cc2)sc2cc3c(cc21)OCO3. The Morgan fingerprint density at radius 2 is 1.74 bits per heavy atom. The van der Waals surface area contributed by atoms with Crippen LogP contribution in [0.2, 0.25) is 0 Å². The number of methoxy groups -OCH3 is 1. The molecule has 39 heavy (non-hydrogen) atoms. The summed E-state index contributed by atoms with van der Waals surface area (Å²) in [4.78, 5) is 29.9. The predicted octanol–water partition coefficient (Wildman–Crippen LogP) is 3.09. The standard InChI is InChI=1S/C27H23N3O7S2/c1-35-25(31)15-30-21-12-22-23(37-16-36-22)13-24(21)38-27(30)28-26(32)18-6-8-20(9-7-18)39(33,34)29-11-10-17-4-2-3-5-19(17)14-29/h2-9,12-13H,10-11,14-16H2,1H3. The number of benzene rings is 3. The zero-order valence-electron chi connectivity index (χ0n) is 20.8. The Morgan fingerprint density at radius 1 is 1.03 bits per heavy atom. The third-order valence-corrected chi connectivity index (χ3v) is 9.62. The molecule has 1 aromatic heterocycles. The monoisotopic (exact) mass is 565 g/mol. The van der Waals surface area contributed by atoms with Gasteiger partial charge in [0.25, 0.3) is 5.91 Å². The van der Waals surface area contributed by atoms with Crippen molar-refractivity contribution in [1.82, 2.24) is 8.87 Å². The van der Waals surface area contributed by atoms with Crippen molar-refractivity contribution in [1.29, 1.82) is 0 Å². The molecule has 10 nitrogen and oxygen atoms in total. The van der Waals surface area contributed by atoms with E-state index in [4.69, 9.17) is 14.2 Å². The quantitative estimate of drug-likeness (QED) is 0.342. The summed E-state index contributed by atoms with van der Waals surface area (Å²) >= 11 is 1.22. The van der Waals surface area contributed by atoms with E-state index in [0.717, 1.165) is 15.8 Å². The minimum Gasteiger partial charge on any atom is -0.468 e. The lowest BCUT2D eigenvalue weighted by Crippen LogP contribution is -2.35. The Kier molecular flexibility index (Phi) is 6.45. The molecule has 2 aliphatic heterocycles. The lowest BCUT2D eigenvalue weighted by Gasteiger charge is -2.28. The molecule has 3 heterocycles. The molecule has 1 amide bonds. The molecule has 0 saturated carbocycles. The maximum Gasteiger partial charge on any atom is 0.325 e. The van der Waals surface area contributed by atoms with Gasteiger partial charge in [-0.3, -0.25) is 9.59 Å². The second kappa shape index (κ2) is 9.95. The number of hydrogen-bond acceptors (Lipinski definition) is 8. The first-order valence-electron chi connectivity index (χ1n) is 12.1. The van der Waals surface area contributed by atoms with Crippen LogP contribution in [0.5, 0.6) is 11.5 Å². The van der Waals surface area contributed by atoms with E-state index in [1.807, 2.05) is 24.3 Å². The van der Waals surface area contributed by atoms with Crippen LogP contribution < -0.4 is 14.3 Å². The van der Waals surface area contributed by atoms with Gasteiger partial charge in [-0.2, -0.15) is 9.30 Å². The molecule has 0 bridgehead atoms. The van der Waals surface area contributed by atoms with Crippen LogP contribution >= 0.6 is 11.3 Å². The van der Waals surface area contributed by atoms with Gasteiger partial charge >= 0.3 is 5.97 Å². The number of carbonyl (C=O) groups is 2. The van der Waals surface area contributed by atoms with Crippen LogP contribution in [0.1, 0.15) is 21.5 Å². The third kappa shape index (κ3) is 4.71. The zero-order valence-corrected chi connectivity index (χ0v) is 22.5. The number of thiazole rings is 1. The molecule has 0 radical (unpaired) electrons. The van der Waals surface area contributed by atoms with Gasteiger partial charge in [-0.1, -0.05) is 35.6 Å². The van der Waals surface area contributed by atoms with E-state index in [0.29, 0.717) is 36.5 Å². The topological polar surface area (TPSA) is 117 Å². The molecule has 0 atom stereocenters. The van der Waals surface area contributed by atoms with Gasteiger partial charge in [-0.15, -0.1) is 0 Å². The van der Waals surface area contributed by atoms with Crippen molar-refractivity contribution in [2.45, 2.75) is 24.4 Å². The number of carbonyl (C=O) groups excluding carboxylic acids is 2. The second-order valence-corrected chi connectivity index (χ2v) is 12.0. The van der Waals surface area contributed by atoms with Crippen LogP contribution in [-0.4, -0.2) is 49.6 Å². The van der Waals surface area contributed by atoms with E-state index in [1.54, 1.807) is 16.7 Å². The van der Waals surface area contributed by atoms with Crippen molar-refractivity contribution in [3.63, 3.8) is 0 Å². The van der Waals surface area contributed by atoms with Crippen molar-refractivity contribution < 1.29 is 32.2 Å². The molecule has 0 unspecified atom stereocenters. The highest BCUT2D eigenvalue weighted by molar-refractivity contribution is 7.89. The van der Waals surface area contributed by atoms with Crippen molar-refractivity contribution in [3.05, 3.63) is 82.2 Å². The average Bonchev–Trinajstić information content (AvgIpc) is 3.54. The zero-order chi connectivity index (χ0) is 27.1. The molecule has 0 fully saturated rings. The first kappa shape index (κ1) is 25.3. The molecule has 6 rings (SSSR count). The summed E-state index contributed by atoms with van der Waals surface area (Å²) in [6, 6.07) is 17.1. The summed E-state index contributed by atoms with van der Waals surface area (Å²) in [7, 11) is -2.45. The Morgan fingerprint density at radius 3 is 2.49 bits per heavy atom. The number of amides is 1. The van der Waals surface area contributed by atoms with Gasteiger partial charge in [-0.05, 0) is 41.8 Å². The molecule has 0 aliphatic carbocycles. The smallest absolute Gasteiger partial charge is 0.325 e. The lowest BCUT2D eigenvalue weighted by atomic mass is 10.0. The molecule has 200 valence electrons. The van der Waals surface area contributed by atoms with E-state index in [-0.39, 0.29) is 28.6 Å². The van der Waals surface area contributed by atoms with Crippen LogP contribution in [0.15, 0.2) is 70.6 Å². The maximum absolute atomic E-state index is 13.3. The average molecular weight is 566 g/mol. The number of ether oxygens (including phenoxy) is 3. The fraction of sp³-hybridized carbons (Fsp3) is 0.222. The Labute approximate surface area is 227 Å². The molecule has 12 heteroatoms. The Bertz CT molecular complexity index is 1790. The first-order chi connectivity index (χ1) is 18.8. The number of hydrogen-bond donors (Lipinski definition) is 0. The van der Waals surface area contributed by atoms with E-state index in [9.17, 15) is 18.0 Å². The fourth-order valence-corrected chi connectivity index (χ4v) is 7.09. The molecule has 0 saturated heterocycles. The molecular weight excluding hydrogens is 542 g/mol. The highest BCUT2D eigenvalue weighted by atomic mass is 32.2. The van der Waals surface area contributed by atoms with Crippen LogP contribution in [0.3, 0.4) is 0 Å². The van der Waals surface area contributed by atoms with Crippen LogP contribution in [0, 0.1) is 0 Å². The van der Waals surface area contributed by atoms with Crippen molar-refractivity contribution >= 4 is 43.5 Å². The maximum atomic E-state index is 13.3. The van der Waals surface area contributed by atoms with Crippen molar-refractivity contribution in [3.8, 4) is 11.5 Å². The molecule has 2 aliphatic rings. The molecule has 4 aromatic rings. The van der Waals surface area contributed by atoms with Crippen LogP contribution in [-0.2, 0) is 39.1 Å². The fourth-order valence-electron chi connectivity index (χ4n) is 4.64.